The fourth-order valence-corrected chi connectivity index (χ4v) is 1.72. The standard InChI is InChI=1S/C14H23N3O/c1-4-17(3,5-2)11-10-16-14(18)12-6-8-13(15)9-7-12/h6-9H,4-5,10-11H2,1-3H3,(H2-,15,16,18)/p+1. The summed E-state index contributed by atoms with van der Waals surface area (Å²) in [5.41, 5.74) is 6.92. The maximum atomic E-state index is 11.9. The molecule has 0 aliphatic rings. The van der Waals surface area contributed by atoms with Crippen LogP contribution in [-0.4, -0.2) is 43.6 Å². The molecule has 0 aliphatic heterocycles. The van der Waals surface area contributed by atoms with Crippen molar-refractivity contribution in [2.24, 2.45) is 0 Å². The Bertz CT molecular complexity index is 383. The summed E-state index contributed by atoms with van der Waals surface area (Å²) in [5.74, 6) is -0.0336. The van der Waals surface area contributed by atoms with Gasteiger partial charge in [-0.25, -0.2) is 0 Å². The first-order valence-electron chi connectivity index (χ1n) is 6.48. The van der Waals surface area contributed by atoms with Crippen molar-refractivity contribution in [3.63, 3.8) is 0 Å². The number of anilines is 1. The number of hydrogen-bond acceptors (Lipinski definition) is 2. The summed E-state index contributed by atoms with van der Waals surface area (Å²) in [4.78, 5) is 11.9. The third-order valence-corrected chi connectivity index (χ3v) is 3.64. The lowest BCUT2D eigenvalue weighted by molar-refractivity contribution is -0.904. The summed E-state index contributed by atoms with van der Waals surface area (Å²) >= 11 is 0. The molecule has 4 heteroatoms. The molecule has 100 valence electrons. The molecule has 4 nitrogen and oxygen atoms in total. The van der Waals surface area contributed by atoms with E-state index in [9.17, 15) is 4.79 Å². The number of nitrogens with one attached hydrogen (secondary N) is 1. The van der Waals surface area contributed by atoms with Crippen LogP contribution >= 0.6 is 0 Å². The van der Waals surface area contributed by atoms with E-state index in [-0.39, 0.29) is 5.91 Å². The summed E-state index contributed by atoms with van der Waals surface area (Å²) in [6.45, 7) is 8.15. The van der Waals surface area contributed by atoms with Crippen LogP contribution in [0.15, 0.2) is 24.3 Å². The van der Waals surface area contributed by atoms with E-state index in [1.54, 1.807) is 24.3 Å². The minimum atomic E-state index is -0.0336. The number of likely N-dealkylation sites (N-methyl/N-ethyl adjacent to an activating group) is 1. The van der Waals surface area contributed by atoms with Gasteiger partial charge < -0.3 is 15.5 Å². The second-order valence-electron chi connectivity index (χ2n) is 4.85. The fraction of sp³-hybridized carbons (Fsp3) is 0.500. The summed E-state index contributed by atoms with van der Waals surface area (Å²) in [5, 5.41) is 2.95. The number of nitrogen functional groups attached to an aromatic ring is 1. The lowest BCUT2D eigenvalue weighted by Gasteiger charge is -2.32. The molecular weight excluding hydrogens is 226 g/mol. The lowest BCUT2D eigenvalue weighted by atomic mass is 10.2. The van der Waals surface area contributed by atoms with Crippen molar-refractivity contribution in [1.82, 2.24) is 5.32 Å². The Hall–Kier alpha value is -1.55. The Morgan fingerprint density at radius 3 is 2.28 bits per heavy atom. The maximum absolute atomic E-state index is 11.9. The van der Waals surface area contributed by atoms with Crippen LogP contribution in [0.5, 0.6) is 0 Å². The second kappa shape index (κ2) is 6.40. The van der Waals surface area contributed by atoms with E-state index < -0.39 is 0 Å². The zero-order valence-corrected chi connectivity index (χ0v) is 11.6. The molecule has 0 fully saturated rings. The van der Waals surface area contributed by atoms with Crippen molar-refractivity contribution < 1.29 is 9.28 Å². The fourth-order valence-electron chi connectivity index (χ4n) is 1.72. The molecule has 1 aromatic carbocycles. The highest BCUT2D eigenvalue weighted by atomic mass is 16.1. The number of nitrogens with zero attached hydrogens (tertiary/aromatic N) is 1. The Kier molecular flexibility index (Phi) is 5.16. The minimum Gasteiger partial charge on any atom is -0.399 e. The summed E-state index contributed by atoms with van der Waals surface area (Å²) in [6, 6.07) is 6.98. The average molecular weight is 250 g/mol. The minimum absolute atomic E-state index is 0.0336. The van der Waals surface area contributed by atoms with Gasteiger partial charge in [-0.1, -0.05) is 0 Å². The highest BCUT2D eigenvalue weighted by Gasteiger charge is 2.16. The van der Waals surface area contributed by atoms with Gasteiger partial charge in [-0.05, 0) is 38.1 Å². The van der Waals surface area contributed by atoms with Gasteiger partial charge in [0.05, 0.1) is 33.2 Å². The first-order valence-corrected chi connectivity index (χ1v) is 6.48. The molecule has 0 aliphatic carbocycles. The smallest absolute Gasteiger partial charge is 0.251 e. The van der Waals surface area contributed by atoms with E-state index in [0.717, 1.165) is 24.1 Å². The molecule has 0 bridgehead atoms. The molecule has 18 heavy (non-hydrogen) atoms. The molecule has 0 spiro atoms. The largest absolute Gasteiger partial charge is 0.399 e. The number of quaternary nitrogens is 1. The molecule has 3 N–H and O–H groups in total. The van der Waals surface area contributed by atoms with Crippen molar-refractivity contribution in [2.45, 2.75) is 13.8 Å². The number of nitrogens with two attached hydrogens (primary N) is 1. The summed E-state index contributed by atoms with van der Waals surface area (Å²) in [7, 11) is 2.20. The van der Waals surface area contributed by atoms with Crippen molar-refractivity contribution in [3.8, 4) is 0 Å². The maximum Gasteiger partial charge on any atom is 0.251 e. The number of rotatable bonds is 6. The normalized spacial score (nSPS) is 11.3. The molecule has 0 atom stereocenters. The topological polar surface area (TPSA) is 55.1 Å². The Labute approximate surface area is 109 Å². The van der Waals surface area contributed by atoms with E-state index in [2.05, 4.69) is 26.2 Å². The van der Waals surface area contributed by atoms with Crippen LogP contribution in [0.1, 0.15) is 24.2 Å². The zero-order chi connectivity index (χ0) is 13.6. The van der Waals surface area contributed by atoms with Gasteiger partial charge in [0.15, 0.2) is 0 Å². The predicted octanol–water partition coefficient (Wildman–Crippen LogP) is 1.48. The number of amides is 1. The molecule has 0 radical (unpaired) electrons. The summed E-state index contributed by atoms with van der Waals surface area (Å²) < 4.78 is 0.974. The lowest BCUT2D eigenvalue weighted by Crippen LogP contribution is -2.48. The van der Waals surface area contributed by atoms with Crippen molar-refractivity contribution >= 4 is 11.6 Å². The van der Waals surface area contributed by atoms with E-state index in [4.69, 9.17) is 5.73 Å². The third-order valence-electron chi connectivity index (χ3n) is 3.64. The molecule has 0 saturated heterocycles. The van der Waals surface area contributed by atoms with Crippen LogP contribution in [0.25, 0.3) is 0 Å². The number of carbonyl (C=O) groups is 1. The molecule has 0 aromatic heterocycles. The van der Waals surface area contributed by atoms with Crippen molar-refractivity contribution in [3.05, 3.63) is 29.8 Å². The molecule has 1 amide bonds. The second-order valence-corrected chi connectivity index (χ2v) is 4.85. The van der Waals surface area contributed by atoms with Crippen LogP contribution in [0.2, 0.25) is 0 Å². The van der Waals surface area contributed by atoms with Crippen LogP contribution in [0.3, 0.4) is 0 Å². The number of hydrogen-bond donors (Lipinski definition) is 2. The monoisotopic (exact) mass is 250 g/mol. The molecule has 0 saturated carbocycles. The molecular formula is C14H24N3O+. The highest BCUT2D eigenvalue weighted by molar-refractivity contribution is 5.94. The molecule has 1 aromatic rings. The van der Waals surface area contributed by atoms with Gasteiger partial charge >= 0.3 is 0 Å². The molecule has 0 unspecified atom stereocenters. The van der Waals surface area contributed by atoms with Crippen LogP contribution in [0.4, 0.5) is 5.69 Å². The van der Waals surface area contributed by atoms with E-state index in [0.29, 0.717) is 17.8 Å². The first kappa shape index (κ1) is 14.5. The van der Waals surface area contributed by atoms with Gasteiger partial charge in [0.1, 0.15) is 0 Å². The van der Waals surface area contributed by atoms with Crippen LogP contribution < -0.4 is 11.1 Å². The summed E-state index contributed by atoms with van der Waals surface area (Å²) in [6.07, 6.45) is 0. The van der Waals surface area contributed by atoms with Crippen LogP contribution in [0, 0.1) is 0 Å². The highest BCUT2D eigenvalue weighted by Crippen LogP contribution is 2.05. The molecule has 0 heterocycles. The average Bonchev–Trinajstić information content (AvgIpc) is 2.39. The number of carbonyl (C=O) groups excluding carboxylic acids is 1. The Morgan fingerprint density at radius 2 is 1.78 bits per heavy atom. The SMILES string of the molecule is CC[N+](C)(CC)CCNC(=O)c1ccc(N)cc1. The van der Waals surface area contributed by atoms with E-state index in [1.165, 1.54) is 0 Å². The quantitative estimate of drug-likeness (QED) is 0.593. The Balaban J connectivity index is 2.44. The third kappa shape index (κ3) is 4.04. The van der Waals surface area contributed by atoms with Gasteiger partial charge in [0.2, 0.25) is 0 Å². The molecule has 1 rings (SSSR count). The zero-order valence-electron chi connectivity index (χ0n) is 11.6. The van der Waals surface area contributed by atoms with Crippen molar-refractivity contribution in [2.75, 3.05) is 39.0 Å². The van der Waals surface area contributed by atoms with Gasteiger partial charge in [-0.2, -0.15) is 0 Å². The van der Waals surface area contributed by atoms with E-state index in [1.807, 2.05) is 0 Å². The van der Waals surface area contributed by atoms with Gasteiger partial charge in [0.25, 0.3) is 5.91 Å². The van der Waals surface area contributed by atoms with E-state index >= 15 is 0 Å². The predicted molar refractivity (Wildman–Crippen MR) is 75.3 cm³/mol. The van der Waals surface area contributed by atoms with Crippen LogP contribution in [-0.2, 0) is 0 Å². The number of benzene rings is 1. The first-order chi connectivity index (χ1) is 8.50. The van der Waals surface area contributed by atoms with Gasteiger partial charge in [-0.3, -0.25) is 4.79 Å². The van der Waals surface area contributed by atoms with Gasteiger partial charge in [-0.15, -0.1) is 0 Å². The van der Waals surface area contributed by atoms with Gasteiger partial charge in [0, 0.05) is 11.3 Å². The Morgan fingerprint density at radius 1 is 1.22 bits per heavy atom. The van der Waals surface area contributed by atoms with Crippen molar-refractivity contribution in [1.29, 1.82) is 0 Å².